The van der Waals surface area contributed by atoms with Crippen molar-refractivity contribution in [1.29, 1.82) is 0 Å². The molecule has 8 nitrogen and oxygen atoms in total. The predicted molar refractivity (Wildman–Crippen MR) is 128 cm³/mol. The van der Waals surface area contributed by atoms with E-state index in [1.807, 2.05) is 35.2 Å². The number of likely N-dealkylation sites (tertiary alicyclic amines) is 1. The van der Waals surface area contributed by atoms with Gasteiger partial charge in [0.25, 0.3) is 0 Å². The van der Waals surface area contributed by atoms with Crippen molar-refractivity contribution in [2.45, 2.75) is 39.3 Å². The van der Waals surface area contributed by atoms with Gasteiger partial charge in [-0.25, -0.2) is 9.59 Å². The highest BCUT2D eigenvalue weighted by molar-refractivity contribution is 6.27. The van der Waals surface area contributed by atoms with E-state index in [4.69, 9.17) is 19.8 Å². The van der Waals surface area contributed by atoms with Crippen molar-refractivity contribution in [1.82, 2.24) is 9.80 Å². The van der Waals surface area contributed by atoms with E-state index in [2.05, 4.69) is 36.1 Å². The highest BCUT2D eigenvalue weighted by Crippen LogP contribution is 2.22. The van der Waals surface area contributed by atoms with Crippen LogP contribution in [0, 0.1) is 5.92 Å². The molecule has 0 aliphatic carbocycles. The van der Waals surface area contributed by atoms with Gasteiger partial charge in [-0.15, -0.1) is 0 Å². The van der Waals surface area contributed by atoms with Crippen molar-refractivity contribution < 1.29 is 29.7 Å². The maximum Gasteiger partial charge on any atom is 0.414 e. The Labute approximate surface area is 200 Å². The highest BCUT2D eigenvalue weighted by atomic mass is 16.4. The summed E-state index contributed by atoms with van der Waals surface area (Å²) in [5.41, 5.74) is 3.82. The third-order valence-corrected chi connectivity index (χ3v) is 5.86. The van der Waals surface area contributed by atoms with Crippen LogP contribution in [0.2, 0.25) is 0 Å². The molecule has 2 aromatic rings. The molecule has 8 heteroatoms. The lowest BCUT2D eigenvalue weighted by atomic mass is 9.94. The first-order chi connectivity index (χ1) is 16.3. The fourth-order valence-corrected chi connectivity index (χ4v) is 3.93. The number of rotatable bonds is 8. The van der Waals surface area contributed by atoms with Crippen LogP contribution in [0.3, 0.4) is 0 Å². The van der Waals surface area contributed by atoms with E-state index in [1.54, 1.807) is 0 Å². The zero-order chi connectivity index (χ0) is 24.9. The number of aliphatic hydroxyl groups is 1. The van der Waals surface area contributed by atoms with Crippen molar-refractivity contribution >= 4 is 17.8 Å². The van der Waals surface area contributed by atoms with E-state index in [0.717, 1.165) is 44.5 Å². The zero-order valence-electron chi connectivity index (χ0n) is 19.6. The lowest BCUT2D eigenvalue weighted by molar-refractivity contribution is -0.159. The first kappa shape index (κ1) is 27.0. The first-order valence-electron chi connectivity index (χ1n) is 11.5. The zero-order valence-corrected chi connectivity index (χ0v) is 19.6. The van der Waals surface area contributed by atoms with Gasteiger partial charge in [0.15, 0.2) is 0 Å². The third-order valence-electron chi connectivity index (χ3n) is 5.86. The van der Waals surface area contributed by atoms with Gasteiger partial charge in [-0.3, -0.25) is 9.69 Å². The molecule has 1 aliphatic rings. The van der Waals surface area contributed by atoms with Gasteiger partial charge >= 0.3 is 11.9 Å². The van der Waals surface area contributed by atoms with Crippen LogP contribution in [0.1, 0.15) is 36.5 Å². The van der Waals surface area contributed by atoms with Crippen molar-refractivity contribution in [2.24, 2.45) is 5.92 Å². The highest BCUT2D eigenvalue weighted by Gasteiger charge is 2.28. The minimum Gasteiger partial charge on any atom is -0.473 e. The van der Waals surface area contributed by atoms with E-state index in [1.165, 1.54) is 11.1 Å². The van der Waals surface area contributed by atoms with E-state index < -0.39 is 11.9 Å². The quantitative estimate of drug-likeness (QED) is 0.508. The predicted octanol–water partition coefficient (Wildman–Crippen LogP) is 2.64. The number of benzene rings is 2. The van der Waals surface area contributed by atoms with E-state index in [9.17, 15) is 9.90 Å². The monoisotopic (exact) mass is 470 g/mol. The van der Waals surface area contributed by atoms with Gasteiger partial charge in [0.1, 0.15) is 0 Å². The summed E-state index contributed by atoms with van der Waals surface area (Å²) in [4.78, 5) is 35.5. The number of aryl methyl sites for hydroxylation is 1. The van der Waals surface area contributed by atoms with Crippen LogP contribution in [0.15, 0.2) is 54.6 Å². The summed E-state index contributed by atoms with van der Waals surface area (Å²) in [6, 6.07) is 18.9. The molecule has 0 bridgehead atoms. The Morgan fingerprint density at radius 2 is 1.44 bits per heavy atom. The van der Waals surface area contributed by atoms with Crippen molar-refractivity contribution in [3.8, 4) is 0 Å². The number of aliphatic hydroxyl groups excluding tert-OH is 1. The van der Waals surface area contributed by atoms with E-state index >= 15 is 0 Å². The number of carbonyl (C=O) groups is 3. The molecule has 1 heterocycles. The average Bonchev–Trinajstić information content (AvgIpc) is 2.85. The Morgan fingerprint density at radius 1 is 0.882 bits per heavy atom. The summed E-state index contributed by atoms with van der Waals surface area (Å²) in [5.74, 6) is -3.40. The topological polar surface area (TPSA) is 118 Å². The van der Waals surface area contributed by atoms with Gasteiger partial charge in [0.2, 0.25) is 5.91 Å². The van der Waals surface area contributed by atoms with E-state index in [-0.39, 0.29) is 18.4 Å². The molecule has 0 radical (unpaired) electrons. The number of carboxylic acids is 2. The average molecular weight is 471 g/mol. The number of nitrogens with zero attached hydrogens (tertiary/aromatic N) is 2. The van der Waals surface area contributed by atoms with Gasteiger partial charge in [-0.05, 0) is 49.0 Å². The van der Waals surface area contributed by atoms with Gasteiger partial charge in [-0.2, -0.15) is 0 Å². The molecule has 3 N–H and O–H groups in total. The van der Waals surface area contributed by atoms with Crippen molar-refractivity contribution in [3.05, 3.63) is 71.3 Å². The second-order valence-electron chi connectivity index (χ2n) is 8.30. The molecule has 1 fully saturated rings. The lowest BCUT2D eigenvalue weighted by Gasteiger charge is -2.34. The SMILES string of the molecule is CCc1ccc(CN2CCC(C(=O)N(CCO)Cc3ccccc3)CC2)cc1.O=C(O)C(=O)O. The molecule has 0 spiro atoms. The number of piperidine rings is 1. The molecule has 0 unspecified atom stereocenters. The van der Waals surface area contributed by atoms with Crippen LogP contribution < -0.4 is 0 Å². The number of carboxylic acid groups (broad SMARTS) is 2. The van der Waals surface area contributed by atoms with Gasteiger partial charge in [0.05, 0.1) is 6.61 Å². The molecule has 184 valence electrons. The smallest absolute Gasteiger partial charge is 0.414 e. The lowest BCUT2D eigenvalue weighted by Crippen LogP contribution is -2.43. The molecule has 3 rings (SSSR count). The van der Waals surface area contributed by atoms with Crippen LogP contribution in [0.5, 0.6) is 0 Å². The first-order valence-corrected chi connectivity index (χ1v) is 11.5. The van der Waals surface area contributed by atoms with Crippen LogP contribution in [-0.2, 0) is 33.9 Å². The van der Waals surface area contributed by atoms with Gasteiger partial charge in [0, 0.05) is 25.6 Å². The molecule has 2 aromatic carbocycles. The second-order valence-corrected chi connectivity index (χ2v) is 8.30. The molecular formula is C26H34N2O6. The van der Waals surface area contributed by atoms with Gasteiger partial charge in [-0.1, -0.05) is 61.5 Å². The summed E-state index contributed by atoms with van der Waals surface area (Å²) < 4.78 is 0. The summed E-state index contributed by atoms with van der Waals surface area (Å²) in [6.07, 6.45) is 2.85. The third kappa shape index (κ3) is 8.96. The molecular weight excluding hydrogens is 436 g/mol. The maximum absolute atomic E-state index is 13.0. The Hall–Kier alpha value is -3.23. The summed E-state index contributed by atoms with van der Waals surface area (Å²) in [5, 5.41) is 24.2. The molecule has 1 saturated heterocycles. The van der Waals surface area contributed by atoms with Crippen LogP contribution in [0.25, 0.3) is 0 Å². The standard InChI is InChI=1S/C24H32N2O2.C2H2O4/c1-2-20-8-10-22(11-9-20)18-25-14-12-23(13-15-25)24(28)26(16-17-27)19-21-6-4-3-5-7-21;3-1(4)2(5)6/h3-11,23,27H,2,12-19H2,1H3;(H,3,4)(H,5,6). The maximum atomic E-state index is 13.0. The largest absolute Gasteiger partial charge is 0.473 e. The molecule has 0 saturated carbocycles. The Kier molecular flexibility index (Phi) is 11.2. The molecule has 0 atom stereocenters. The minimum atomic E-state index is -1.82. The normalized spacial score (nSPS) is 14.1. The minimum absolute atomic E-state index is 0.00513. The van der Waals surface area contributed by atoms with Crippen molar-refractivity contribution in [2.75, 3.05) is 26.2 Å². The summed E-state index contributed by atoms with van der Waals surface area (Å²) in [6.45, 7) is 6.01. The molecule has 0 aromatic heterocycles. The van der Waals surface area contributed by atoms with Gasteiger partial charge < -0.3 is 20.2 Å². The Morgan fingerprint density at radius 3 is 1.94 bits per heavy atom. The molecule has 34 heavy (non-hydrogen) atoms. The number of hydrogen-bond acceptors (Lipinski definition) is 5. The fourth-order valence-electron chi connectivity index (χ4n) is 3.93. The van der Waals surface area contributed by atoms with E-state index in [0.29, 0.717) is 13.1 Å². The Bertz CT molecular complexity index is 897. The number of aliphatic carboxylic acids is 2. The molecule has 1 aliphatic heterocycles. The summed E-state index contributed by atoms with van der Waals surface area (Å²) >= 11 is 0. The van der Waals surface area contributed by atoms with Crippen LogP contribution in [0.4, 0.5) is 0 Å². The number of amides is 1. The van der Waals surface area contributed by atoms with Crippen molar-refractivity contribution in [3.63, 3.8) is 0 Å². The van der Waals surface area contributed by atoms with Crippen LogP contribution >= 0.6 is 0 Å². The molecule has 1 amide bonds. The number of carbonyl (C=O) groups excluding carboxylic acids is 1. The Balaban J connectivity index is 0.000000604. The fraction of sp³-hybridized carbons (Fsp3) is 0.423. The van der Waals surface area contributed by atoms with Crippen LogP contribution in [-0.4, -0.2) is 69.2 Å². The number of hydrogen-bond donors (Lipinski definition) is 3. The second kappa shape index (κ2) is 14.1. The summed E-state index contributed by atoms with van der Waals surface area (Å²) in [7, 11) is 0.